The molecular formula is C23H21N5O3S. The number of nitrogens with one attached hydrogen (secondary N) is 3. The van der Waals surface area contributed by atoms with Gasteiger partial charge in [-0.3, -0.25) is 19.8 Å². The minimum absolute atomic E-state index is 0.188. The first-order valence-corrected chi connectivity index (χ1v) is 10.8. The van der Waals surface area contributed by atoms with Gasteiger partial charge in [-0.1, -0.05) is 6.08 Å². The molecule has 1 unspecified atom stereocenters. The first-order chi connectivity index (χ1) is 15.5. The second-order valence-electron chi connectivity index (χ2n) is 7.21. The number of anilines is 1. The topological polar surface area (TPSA) is 116 Å². The van der Waals surface area contributed by atoms with Gasteiger partial charge in [0.05, 0.1) is 11.7 Å². The van der Waals surface area contributed by atoms with Crippen molar-refractivity contribution in [2.24, 2.45) is 0 Å². The molecule has 32 heavy (non-hydrogen) atoms. The van der Waals surface area contributed by atoms with Crippen LogP contribution < -0.4 is 16.1 Å². The number of hydrogen-bond acceptors (Lipinski definition) is 7. The van der Waals surface area contributed by atoms with E-state index in [-0.39, 0.29) is 17.5 Å². The summed E-state index contributed by atoms with van der Waals surface area (Å²) in [5.74, 6) is -0.875. The van der Waals surface area contributed by atoms with E-state index < -0.39 is 5.91 Å². The van der Waals surface area contributed by atoms with E-state index in [1.54, 1.807) is 30.0 Å². The lowest BCUT2D eigenvalue weighted by Gasteiger charge is -2.21. The highest BCUT2D eigenvalue weighted by Crippen LogP contribution is 2.27. The molecule has 0 fully saturated rings. The van der Waals surface area contributed by atoms with Gasteiger partial charge in [-0.2, -0.15) is 0 Å². The third-order valence-corrected chi connectivity index (χ3v) is 5.76. The maximum Gasteiger partial charge on any atom is 0.274 e. The third-order valence-electron chi connectivity index (χ3n) is 5.00. The summed E-state index contributed by atoms with van der Waals surface area (Å²) < 4.78 is 0. The number of aromatic nitrogens is 2. The Morgan fingerprint density at radius 3 is 2.56 bits per heavy atom. The Labute approximate surface area is 188 Å². The number of allylic oxidation sites excluding steroid dienone is 1. The molecule has 0 saturated heterocycles. The van der Waals surface area contributed by atoms with Crippen LogP contribution in [0.15, 0.2) is 77.6 Å². The van der Waals surface area contributed by atoms with Crippen molar-refractivity contribution in [1.82, 2.24) is 20.8 Å². The molecule has 0 aliphatic heterocycles. The van der Waals surface area contributed by atoms with Crippen molar-refractivity contribution in [2.45, 2.75) is 19.4 Å². The number of benzene rings is 1. The molecule has 1 atom stereocenters. The number of amides is 2. The standard InChI is InChI=1S/C23H21N5O3S/c1-14-4-9-18(25-21(29)15-5-7-16(8-6-15)22(30)28-31)11-19(14)26-23-27-20(13-32-23)17-3-2-10-24-12-17/h2-8,10-13,18,31H,9H2,1H3,(H,25,29)(H,26,27)(H,28,30). The lowest BCUT2D eigenvalue weighted by Crippen LogP contribution is -2.35. The summed E-state index contributed by atoms with van der Waals surface area (Å²) in [4.78, 5) is 32.8. The van der Waals surface area contributed by atoms with Gasteiger partial charge < -0.3 is 10.6 Å². The molecule has 8 nitrogen and oxygen atoms in total. The molecule has 0 saturated carbocycles. The van der Waals surface area contributed by atoms with Gasteiger partial charge in [0.15, 0.2) is 5.13 Å². The molecule has 4 rings (SSSR count). The summed E-state index contributed by atoms with van der Waals surface area (Å²) in [5, 5.41) is 17.8. The molecule has 3 aromatic rings. The molecule has 1 aromatic carbocycles. The number of hydrogen-bond donors (Lipinski definition) is 4. The predicted molar refractivity (Wildman–Crippen MR) is 122 cm³/mol. The van der Waals surface area contributed by atoms with Crippen LogP contribution in [0.5, 0.6) is 0 Å². The molecule has 0 spiro atoms. The summed E-state index contributed by atoms with van der Waals surface area (Å²) in [5.41, 5.74) is 6.03. The van der Waals surface area contributed by atoms with Crippen molar-refractivity contribution >= 4 is 28.3 Å². The van der Waals surface area contributed by atoms with Crippen molar-refractivity contribution in [1.29, 1.82) is 0 Å². The molecular weight excluding hydrogens is 426 g/mol. The van der Waals surface area contributed by atoms with Crippen LogP contribution in [0, 0.1) is 0 Å². The second-order valence-corrected chi connectivity index (χ2v) is 8.06. The summed E-state index contributed by atoms with van der Waals surface area (Å²) in [7, 11) is 0. The molecule has 1 aliphatic rings. The van der Waals surface area contributed by atoms with Gasteiger partial charge in [0.2, 0.25) is 0 Å². The van der Waals surface area contributed by atoms with E-state index >= 15 is 0 Å². The first-order valence-electron chi connectivity index (χ1n) is 9.91. The zero-order valence-electron chi connectivity index (χ0n) is 17.2. The van der Waals surface area contributed by atoms with Crippen LogP contribution in [-0.2, 0) is 0 Å². The monoisotopic (exact) mass is 447 g/mol. The Morgan fingerprint density at radius 2 is 1.88 bits per heavy atom. The third kappa shape index (κ3) is 4.90. The minimum atomic E-state index is -0.627. The molecule has 0 radical (unpaired) electrons. The predicted octanol–water partition coefficient (Wildman–Crippen LogP) is 3.77. The van der Waals surface area contributed by atoms with Crippen LogP contribution >= 0.6 is 11.3 Å². The maximum absolute atomic E-state index is 12.6. The molecule has 2 amide bonds. The molecule has 4 N–H and O–H groups in total. The Morgan fingerprint density at radius 1 is 1.12 bits per heavy atom. The molecule has 2 aromatic heterocycles. The normalized spacial score (nSPS) is 15.4. The second kappa shape index (κ2) is 9.54. The lowest BCUT2D eigenvalue weighted by molar-refractivity contribution is 0.0706. The Balaban J connectivity index is 1.43. The molecule has 162 valence electrons. The van der Waals surface area contributed by atoms with E-state index in [0.29, 0.717) is 12.0 Å². The quantitative estimate of drug-likeness (QED) is 0.338. The van der Waals surface area contributed by atoms with Gasteiger partial charge in [0.25, 0.3) is 11.8 Å². The first kappa shape index (κ1) is 21.4. The van der Waals surface area contributed by atoms with E-state index in [9.17, 15) is 9.59 Å². The largest absolute Gasteiger partial charge is 0.345 e. The Bertz CT molecular complexity index is 1190. The summed E-state index contributed by atoms with van der Waals surface area (Å²) >= 11 is 1.50. The highest BCUT2D eigenvalue weighted by Gasteiger charge is 2.18. The fourth-order valence-electron chi connectivity index (χ4n) is 3.24. The van der Waals surface area contributed by atoms with Gasteiger partial charge >= 0.3 is 0 Å². The SMILES string of the molecule is CC1=CCC(NC(=O)c2ccc(C(=O)NO)cc2)C=C1Nc1nc(-c2cccnc2)cs1. The molecule has 9 heteroatoms. The van der Waals surface area contributed by atoms with Crippen molar-refractivity contribution in [3.8, 4) is 11.3 Å². The van der Waals surface area contributed by atoms with E-state index in [4.69, 9.17) is 5.21 Å². The summed E-state index contributed by atoms with van der Waals surface area (Å²) in [6.07, 6.45) is 8.22. The number of carbonyl (C=O) groups is 2. The minimum Gasteiger partial charge on any atom is -0.345 e. The number of nitrogens with zero attached hydrogens (tertiary/aromatic N) is 2. The van der Waals surface area contributed by atoms with E-state index in [2.05, 4.69) is 26.7 Å². The number of carbonyl (C=O) groups excluding carboxylic acids is 2. The number of pyridine rings is 1. The average molecular weight is 448 g/mol. The maximum atomic E-state index is 12.6. The highest BCUT2D eigenvalue weighted by atomic mass is 32.1. The fraction of sp³-hybridized carbons (Fsp3) is 0.130. The van der Waals surface area contributed by atoms with Gasteiger partial charge in [-0.15, -0.1) is 11.3 Å². The van der Waals surface area contributed by atoms with Crippen LogP contribution in [0.4, 0.5) is 5.13 Å². The van der Waals surface area contributed by atoms with E-state index in [0.717, 1.165) is 27.7 Å². The van der Waals surface area contributed by atoms with Gasteiger partial charge in [0, 0.05) is 40.2 Å². The van der Waals surface area contributed by atoms with Gasteiger partial charge in [0.1, 0.15) is 0 Å². The Hall–Kier alpha value is -3.82. The zero-order chi connectivity index (χ0) is 22.5. The zero-order valence-corrected chi connectivity index (χ0v) is 18.0. The van der Waals surface area contributed by atoms with Crippen LogP contribution in [0.2, 0.25) is 0 Å². The van der Waals surface area contributed by atoms with Crippen LogP contribution in [0.1, 0.15) is 34.1 Å². The Kier molecular flexibility index (Phi) is 6.39. The van der Waals surface area contributed by atoms with Crippen molar-refractivity contribution in [3.63, 3.8) is 0 Å². The van der Waals surface area contributed by atoms with Gasteiger partial charge in [-0.25, -0.2) is 10.5 Å². The number of rotatable bonds is 6. The van der Waals surface area contributed by atoms with Crippen molar-refractivity contribution < 1.29 is 14.8 Å². The van der Waals surface area contributed by atoms with Crippen LogP contribution in [-0.4, -0.2) is 33.0 Å². The smallest absolute Gasteiger partial charge is 0.274 e. The van der Waals surface area contributed by atoms with E-state index in [1.165, 1.54) is 23.5 Å². The highest BCUT2D eigenvalue weighted by molar-refractivity contribution is 7.14. The number of hydroxylamine groups is 1. The van der Waals surface area contributed by atoms with Crippen molar-refractivity contribution in [2.75, 3.05) is 5.32 Å². The average Bonchev–Trinajstić information content (AvgIpc) is 3.30. The van der Waals surface area contributed by atoms with E-state index in [1.807, 2.05) is 30.5 Å². The van der Waals surface area contributed by atoms with Crippen LogP contribution in [0.25, 0.3) is 11.3 Å². The molecule has 2 heterocycles. The van der Waals surface area contributed by atoms with Crippen molar-refractivity contribution in [3.05, 3.63) is 88.7 Å². The lowest BCUT2D eigenvalue weighted by atomic mass is 10.0. The summed E-state index contributed by atoms with van der Waals surface area (Å²) in [6, 6.07) is 9.70. The summed E-state index contributed by atoms with van der Waals surface area (Å²) in [6.45, 7) is 2.01. The van der Waals surface area contributed by atoms with Crippen LogP contribution in [0.3, 0.4) is 0 Å². The number of thiazole rings is 1. The molecule has 0 bridgehead atoms. The van der Waals surface area contributed by atoms with Gasteiger partial charge in [-0.05, 0) is 61.4 Å². The molecule has 1 aliphatic carbocycles. The fourth-order valence-corrected chi connectivity index (χ4v) is 3.97.